The summed E-state index contributed by atoms with van der Waals surface area (Å²) in [6.07, 6.45) is -0.370. The Kier molecular flexibility index (Phi) is 5.07. The van der Waals surface area contributed by atoms with E-state index in [9.17, 15) is 18.3 Å². The molecule has 1 aromatic rings. The normalized spacial score (nSPS) is 11.0. The monoisotopic (exact) mass is 324 g/mol. The number of benzene rings is 1. The number of hydrogen-bond donors (Lipinski definition) is 1. The van der Waals surface area contributed by atoms with Crippen LogP contribution in [0.25, 0.3) is 0 Å². The molecule has 0 unspecified atom stereocenters. The van der Waals surface area contributed by atoms with E-state index in [1.54, 1.807) is 0 Å². The van der Waals surface area contributed by atoms with Crippen LogP contribution in [0.3, 0.4) is 0 Å². The summed E-state index contributed by atoms with van der Waals surface area (Å²) in [7, 11) is 4.66. The summed E-state index contributed by atoms with van der Waals surface area (Å²) in [5.41, 5.74) is -0.00153. The van der Waals surface area contributed by atoms with Crippen LogP contribution in [0.4, 0.5) is 0 Å². The Bertz CT molecular complexity index is 624. The van der Waals surface area contributed by atoms with Crippen molar-refractivity contribution in [2.24, 2.45) is 0 Å². The van der Waals surface area contributed by atoms with Crippen LogP contribution in [0.5, 0.6) is 17.2 Å². The zero-order chi connectivity index (χ0) is 15.5. The molecule has 9 heteroatoms. The number of ether oxygens (including phenoxy) is 3. The summed E-state index contributed by atoms with van der Waals surface area (Å²) in [5, 5.41) is 9.86. The number of hydrogen-bond acceptors (Lipinski definition) is 7. The lowest BCUT2D eigenvalue weighted by molar-refractivity contribution is -0.139. The Morgan fingerprint density at radius 2 is 1.90 bits per heavy atom. The number of carbonyl (C=O) groups excluding carboxylic acids is 1. The molecule has 0 spiro atoms. The van der Waals surface area contributed by atoms with Crippen LogP contribution in [-0.4, -0.2) is 40.8 Å². The molecule has 0 fully saturated rings. The molecule has 0 aromatic heterocycles. The second-order valence-corrected chi connectivity index (χ2v) is 6.14. The maximum Gasteiger partial charge on any atom is 0.310 e. The fourth-order valence-corrected chi connectivity index (χ4v) is 2.98. The second-order valence-electron chi connectivity index (χ2n) is 3.64. The van der Waals surface area contributed by atoms with E-state index in [1.165, 1.54) is 13.2 Å². The fourth-order valence-electron chi connectivity index (χ4n) is 1.63. The molecule has 1 aromatic carbocycles. The van der Waals surface area contributed by atoms with Gasteiger partial charge in [-0.15, -0.1) is 0 Å². The quantitative estimate of drug-likeness (QED) is 0.638. The van der Waals surface area contributed by atoms with Gasteiger partial charge in [-0.2, -0.15) is 0 Å². The van der Waals surface area contributed by atoms with Crippen LogP contribution in [0.2, 0.25) is 0 Å². The van der Waals surface area contributed by atoms with Gasteiger partial charge >= 0.3 is 5.97 Å². The minimum Gasteiger partial charge on any atom is -0.502 e. The Labute approximate surface area is 120 Å². The summed E-state index contributed by atoms with van der Waals surface area (Å²) in [5.74, 6) is -1.65. The molecule has 0 aliphatic rings. The maximum atomic E-state index is 11.6. The number of phenolic OH excluding ortho intramolecular Hbond substituents is 1. The number of aromatic hydroxyl groups is 1. The van der Waals surface area contributed by atoms with Gasteiger partial charge in [-0.3, -0.25) is 4.79 Å². The van der Waals surface area contributed by atoms with Gasteiger partial charge in [0.1, 0.15) is 4.90 Å². The predicted molar refractivity (Wildman–Crippen MR) is 70.0 cm³/mol. The van der Waals surface area contributed by atoms with Crippen LogP contribution in [0.1, 0.15) is 5.56 Å². The average molecular weight is 325 g/mol. The first-order valence-corrected chi connectivity index (χ1v) is 7.55. The van der Waals surface area contributed by atoms with E-state index in [-0.39, 0.29) is 17.7 Å². The van der Waals surface area contributed by atoms with Gasteiger partial charge in [0.2, 0.25) is 5.75 Å². The van der Waals surface area contributed by atoms with E-state index < -0.39 is 31.4 Å². The lowest BCUT2D eigenvalue weighted by atomic mass is 10.1. The third-order valence-electron chi connectivity index (χ3n) is 2.48. The molecule has 0 heterocycles. The zero-order valence-corrected chi connectivity index (χ0v) is 12.5. The third-order valence-corrected chi connectivity index (χ3v) is 3.88. The van der Waals surface area contributed by atoms with Crippen LogP contribution in [0.15, 0.2) is 11.0 Å². The average Bonchev–Trinajstić information content (AvgIpc) is 2.38. The molecule has 112 valence electrons. The van der Waals surface area contributed by atoms with Gasteiger partial charge in [0.05, 0.1) is 27.8 Å². The molecule has 0 radical (unpaired) electrons. The molecule has 0 atom stereocenters. The maximum absolute atomic E-state index is 11.6. The standard InChI is InChI=1S/C11H13ClO7S/c1-17-7-4-6(5-8(13)18-2)11(20(12,15)16)10(19-3)9(7)14/h4,14H,5H2,1-3H3. The number of esters is 1. The smallest absolute Gasteiger partial charge is 0.310 e. The summed E-state index contributed by atoms with van der Waals surface area (Å²) >= 11 is 0. The van der Waals surface area contributed by atoms with Crippen LogP contribution in [-0.2, 0) is 25.0 Å². The highest BCUT2D eigenvalue weighted by Gasteiger charge is 2.28. The van der Waals surface area contributed by atoms with Crippen molar-refractivity contribution in [2.75, 3.05) is 21.3 Å². The first kappa shape index (κ1) is 16.4. The van der Waals surface area contributed by atoms with Gasteiger partial charge in [-0.25, -0.2) is 8.42 Å². The van der Waals surface area contributed by atoms with Crippen LogP contribution >= 0.6 is 10.7 Å². The fraction of sp³-hybridized carbons (Fsp3) is 0.364. The molecule has 0 amide bonds. The van der Waals surface area contributed by atoms with Gasteiger partial charge in [0, 0.05) is 10.7 Å². The van der Waals surface area contributed by atoms with E-state index in [2.05, 4.69) is 4.74 Å². The van der Waals surface area contributed by atoms with Gasteiger partial charge in [0.25, 0.3) is 9.05 Å². The SMILES string of the molecule is COC(=O)Cc1cc(OC)c(O)c(OC)c1S(=O)(=O)Cl. The zero-order valence-electron chi connectivity index (χ0n) is 11.0. The Morgan fingerprint density at radius 1 is 1.30 bits per heavy atom. The third kappa shape index (κ3) is 3.26. The summed E-state index contributed by atoms with van der Waals surface area (Å²) in [4.78, 5) is 10.8. The van der Waals surface area contributed by atoms with Crippen molar-refractivity contribution in [3.05, 3.63) is 11.6 Å². The number of rotatable bonds is 5. The van der Waals surface area contributed by atoms with Crippen LogP contribution in [0, 0.1) is 0 Å². The highest BCUT2D eigenvalue weighted by atomic mass is 35.7. The molecule has 1 rings (SSSR count). The topological polar surface area (TPSA) is 99.1 Å². The van der Waals surface area contributed by atoms with Crippen molar-refractivity contribution in [3.8, 4) is 17.2 Å². The van der Waals surface area contributed by atoms with Crippen molar-refractivity contribution >= 4 is 25.7 Å². The second kappa shape index (κ2) is 6.19. The van der Waals surface area contributed by atoms with Crippen LogP contribution < -0.4 is 9.47 Å². The molecular formula is C11H13ClO7S. The molecule has 20 heavy (non-hydrogen) atoms. The highest BCUT2D eigenvalue weighted by Crippen LogP contribution is 2.44. The molecule has 0 aliphatic heterocycles. The first-order valence-electron chi connectivity index (χ1n) is 5.24. The molecule has 0 saturated heterocycles. The molecule has 0 bridgehead atoms. The van der Waals surface area contributed by atoms with Crippen molar-refractivity contribution in [1.82, 2.24) is 0 Å². The van der Waals surface area contributed by atoms with Crippen molar-refractivity contribution in [1.29, 1.82) is 0 Å². The largest absolute Gasteiger partial charge is 0.502 e. The number of carbonyl (C=O) groups is 1. The van der Waals surface area contributed by atoms with Crippen molar-refractivity contribution < 1.29 is 32.5 Å². The van der Waals surface area contributed by atoms with E-state index in [0.717, 1.165) is 14.2 Å². The summed E-state index contributed by atoms with van der Waals surface area (Å²) < 4.78 is 37.5. The number of methoxy groups -OCH3 is 3. The summed E-state index contributed by atoms with van der Waals surface area (Å²) in [6.45, 7) is 0. The van der Waals surface area contributed by atoms with E-state index >= 15 is 0 Å². The molecular weight excluding hydrogens is 312 g/mol. The molecule has 7 nitrogen and oxygen atoms in total. The minimum atomic E-state index is -4.25. The van der Waals surface area contributed by atoms with E-state index in [0.29, 0.717) is 0 Å². The molecule has 0 saturated carbocycles. The lowest BCUT2D eigenvalue weighted by Gasteiger charge is -2.15. The van der Waals surface area contributed by atoms with Gasteiger partial charge in [0.15, 0.2) is 11.5 Å². The minimum absolute atomic E-state index is 0.00153. The lowest BCUT2D eigenvalue weighted by Crippen LogP contribution is -2.10. The van der Waals surface area contributed by atoms with E-state index in [4.69, 9.17) is 20.2 Å². The van der Waals surface area contributed by atoms with Gasteiger partial charge in [-0.1, -0.05) is 0 Å². The summed E-state index contributed by atoms with van der Waals surface area (Å²) in [6, 6.07) is 1.18. The Balaban J connectivity index is 3.66. The number of phenols is 1. The Morgan fingerprint density at radius 3 is 2.30 bits per heavy atom. The Hall–Kier alpha value is -1.67. The van der Waals surface area contributed by atoms with Crippen molar-refractivity contribution in [3.63, 3.8) is 0 Å². The number of halogens is 1. The van der Waals surface area contributed by atoms with E-state index in [1.807, 2.05) is 0 Å². The highest BCUT2D eigenvalue weighted by molar-refractivity contribution is 8.13. The predicted octanol–water partition coefficient (Wildman–Crippen LogP) is 1.05. The molecule has 1 N–H and O–H groups in total. The first-order chi connectivity index (χ1) is 9.26. The van der Waals surface area contributed by atoms with Gasteiger partial charge in [-0.05, 0) is 11.6 Å². The molecule has 0 aliphatic carbocycles. The van der Waals surface area contributed by atoms with Gasteiger partial charge < -0.3 is 19.3 Å². The van der Waals surface area contributed by atoms with Crippen molar-refractivity contribution in [2.45, 2.75) is 11.3 Å².